The van der Waals surface area contributed by atoms with Gasteiger partial charge in [0.25, 0.3) is 0 Å². The van der Waals surface area contributed by atoms with E-state index in [2.05, 4.69) is 4.98 Å². The van der Waals surface area contributed by atoms with Crippen molar-refractivity contribution in [2.24, 2.45) is 5.73 Å². The average molecular weight is 278 g/mol. The summed E-state index contributed by atoms with van der Waals surface area (Å²) in [5.74, 6) is 1.10. The second kappa shape index (κ2) is 5.38. The molecule has 19 heavy (non-hydrogen) atoms. The largest absolute Gasteiger partial charge is 0.455 e. The molecule has 0 spiro atoms. The van der Waals surface area contributed by atoms with Crippen molar-refractivity contribution >= 4 is 9.84 Å². The van der Waals surface area contributed by atoms with Crippen LogP contribution in [0.15, 0.2) is 47.5 Å². The highest BCUT2D eigenvalue weighted by molar-refractivity contribution is 7.90. The van der Waals surface area contributed by atoms with Crippen LogP contribution in [0.2, 0.25) is 0 Å². The monoisotopic (exact) mass is 278 g/mol. The molecule has 1 aromatic carbocycles. The van der Waals surface area contributed by atoms with Crippen molar-refractivity contribution < 1.29 is 13.2 Å². The van der Waals surface area contributed by atoms with Crippen molar-refractivity contribution in [3.63, 3.8) is 0 Å². The summed E-state index contributed by atoms with van der Waals surface area (Å²) in [6.45, 7) is 0.275. The molecule has 1 aromatic heterocycles. The third kappa shape index (κ3) is 3.30. The molecule has 0 aliphatic rings. The Morgan fingerprint density at radius 1 is 1.21 bits per heavy atom. The number of aromatic nitrogens is 1. The Balaban J connectivity index is 2.25. The Hall–Kier alpha value is -1.92. The van der Waals surface area contributed by atoms with E-state index in [0.717, 1.165) is 6.26 Å². The van der Waals surface area contributed by atoms with Gasteiger partial charge in [0.05, 0.1) is 10.6 Å². The highest BCUT2D eigenvalue weighted by Crippen LogP contribution is 2.24. The van der Waals surface area contributed by atoms with Gasteiger partial charge in [-0.2, -0.15) is 0 Å². The van der Waals surface area contributed by atoms with E-state index in [4.69, 9.17) is 10.5 Å². The zero-order valence-corrected chi connectivity index (χ0v) is 11.2. The molecular weight excluding hydrogens is 264 g/mol. The van der Waals surface area contributed by atoms with Gasteiger partial charge in [0.2, 0.25) is 0 Å². The van der Waals surface area contributed by atoms with Crippen molar-refractivity contribution in [3.05, 3.63) is 48.3 Å². The van der Waals surface area contributed by atoms with Gasteiger partial charge in [-0.05, 0) is 36.4 Å². The number of hydrogen-bond acceptors (Lipinski definition) is 5. The molecule has 0 saturated heterocycles. The molecule has 2 rings (SSSR count). The zero-order valence-electron chi connectivity index (χ0n) is 10.4. The molecule has 100 valence electrons. The summed E-state index contributed by atoms with van der Waals surface area (Å²) in [7, 11) is -3.19. The standard InChI is InChI=1S/C13H14N2O3S/c1-19(16,17)11-6-4-10(5-7-11)18-13-3-2-8-15-12(13)9-14/h2-8H,9,14H2,1H3. The first-order valence-corrected chi connectivity index (χ1v) is 7.52. The first-order chi connectivity index (χ1) is 9.00. The number of sulfone groups is 1. The summed E-state index contributed by atoms with van der Waals surface area (Å²) in [6.07, 6.45) is 2.80. The molecule has 0 atom stereocenters. The van der Waals surface area contributed by atoms with E-state index in [1.165, 1.54) is 12.1 Å². The fourth-order valence-electron chi connectivity index (χ4n) is 1.55. The van der Waals surface area contributed by atoms with Gasteiger partial charge in [-0.15, -0.1) is 0 Å². The van der Waals surface area contributed by atoms with Crippen LogP contribution in [0, 0.1) is 0 Å². The summed E-state index contributed by atoms with van der Waals surface area (Å²) in [5, 5.41) is 0. The molecule has 0 amide bonds. The van der Waals surface area contributed by atoms with Crippen LogP contribution < -0.4 is 10.5 Å². The lowest BCUT2D eigenvalue weighted by Crippen LogP contribution is -2.02. The normalized spacial score (nSPS) is 11.3. The minimum absolute atomic E-state index is 0.255. The van der Waals surface area contributed by atoms with Crippen LogP contribution in [0.5, 0.6) is 11.5 Å². The van der Waals surface area contributed by atoms with Crippen LogP contribution in [0.25, 0.3) is 0 Å². The van der Waals surface area contributed by atoms with E-state index in [9.17, 15) is 8.42 Å². The van der Waals surface area contributed by atoms with Crippen LogP contribution in [-0.2, 0) is 16.4 Å². The van der Waals surface area contributed by atoms with E-state index in [-0.39, 0.29) is 11.4 Å². The molecule has 0 unspecified atom stereocenters. The summed E-state index contributed by atoms with van der Waals surface area (Å²) in [4.78, 5) is 4.36. The SMILES string of the molecule is CS(=O)(=O)c1ccc(Oc2cccnc2CN)cc1. The topological polar surface area (TPSA) is 82.3 Å². The quantitative estimate of drug-likeness (QED) is 0.921. The van der Waals surface area contributed by atoms with Crippen molar-refractivity contribution in [3.8, 4) is 11.5 Å². The maximum Gasteiger partial charge on any atom is 0.175 e. The Morgan fingerprint density at radius 3 is 2.47 bits per heavy atom. The third-order valence-corrected chi connectivity index (χ3v) is 3.65. The van der Waals surface area contributed by atoms with Crippen molar-refractivity contribution in [1.29, 1.82) is 0 Å². The van der Waals surface area contributed by atoms with Gasteiger partial charge in [0.15, 0.2) is 9.84 Å². The summed E-state index contributed by atoms with van der Waals surface area (Å²) < 4.78 is 28.3. The molecule has 0 saturated carbocycles. The Labute approximate surface area is 112 Å². The Bertz CT molecular complexity index is 667. The van der Waals surface area contributed by atoms with E-state index >= 15 is 0 Å². The van der Waals surface area contributed by atoms with Gasteiger partial charge in [0.1, 0.15) is 11.5 Å². The highest BCUT2D eigenvalue weighted by Gasteiger charge is 2.08. The van der Waals surface area contributed by atoms with Gasteiger partial charge >= 0.3 is 0 Å². The van der Waals surface area contributed by atoms with E-state index < -0.39 is 9.84 Å². The van der Waals surface area contributed by atoms with Crippen LogP contribution in [0.1, 0.15) is 5.69 Å². The molecule has 2 N–H and O–H groups in total. The lowest BCUT2D eigenvalue weighted by molar-refractivity contribution is 0.472. The average Bonchev–Trinajstić information content (AvgIpc) is 2.39. The van der Waals surface area contributed by atoms with E-state index in [0.29, 0.717) is 17.2 Å². The number of benzene rings is 1. The van der Waals surface area contributed by atoms with Gasteiger partial charge in [-0.3, -0.25) is 4.98 Å². The molecule has 2 aromatic rings. The minimum Gasteiger partial charge on any atom is -0.455 e. The molecule has 6 heteroatoms. The van der Waals surface area contributed by atoms with Crippen molar-refractivity contribution in [2.75, 3.05) is 6.26 Å². The summed E-state index contributed by atoms with van der Waals surface area (Å²) in [6, 6.07) is 9.72. The Kier molecular flexibility index (Phi) is 3.82. The van der Waals surface area contributed by atoms with E-state index in [1.807, 2.05) is 0 Å². The fraction of sp³-hybridized carbons (Fsp3) is 0.154. The smallest absolute Gasteiger partial charge is 0.175 e. The predicted octanol–water partition coefficient (Wildman–Crippen LogP) is 1.74. The lowest BCUT2D eigenvalue weighted by atomic mass is 10.3. The molecule has 5 nitrogen and oxygen atoms in total. The minimum atomic E-state index is -3.19. The summed E-state index contributed by atoms with van der Waals surface area (Å²) in [5.41, 5.74) is 6.21. The first-order valence-electron chi connectivity index (χ1n) is 5.62. The molecule has 0 aliphatic heterocycles. The maximum absolute atomic E-state index is 11.3. The van der Waals surface area contributed by atoms with E-state index in [1.54, 1.807) is 30.5 Å². The third-order valence-electron chi connectivity index (χ3n) is 2.52. The van der Waals surface area contributed by atoms with Crippen LogP contribution >= 0.6 is 0 Å². The van der Waals surface area contributed by atoms with Gasteiger partial charge < -0.3 is 10.5 Å². The van der Waals surface area contributed by atoms with Crippen molar-refractivity contribution in [1.82, 2.24) is 4.98 Å². The molecular formula is C13H14N2O3S. The molecule has 0 radical (unpaired) electrons. The number of nitrogens with two attached hydrogens (primary N) is 1. The number of ether oxygens (including phenoxy) is 1. The highest BCUT2D eigenvalue weighted by atomic mass is 32.2. The number of nitrogens with zero attached hydrogens (tertiary/aromatic N) is 1. The van der Waals surface area contributed by atoms with Crippen molar-refractivity contribution in [2.45, 2.75) is 11.4 Å². The van der Waals surface area contributed by atoms with Gasteiger partial charge in [-0.1, -0.05) is 0 Å². The number of hydrogen-bond donors (Lipinski definition) is 1. The number of rotatable bonds is 4. The Morgan fingerprint density at radius 2 is 1.89 bits per heavy atom. The first kappa shape index (κ1) is 13.5. The molecule has 0 fully saturated rings. The lowest BCUT2D eigenvalue weighted by Gasteiger charge is -2.09. The van der Waals surface area contributed by atoms with Crippen LogP contribution in [0.3, 0.4) is 0 Å². The predicted molar refractivity (Wildman–Crippen MR) is 71.8 cm³/mol. The van der Waals surface area contributed by atoms with Gasteiger partial charge in [0, 0.05) is 19.0 Å². The number of pyridine rings is 1. The van der Waals surface area contributed by atoms with Crippen LogP contribution in [-0.4, -0.2) is 19.7 Å². The van der Waals surface area contributed by atoms with Gasteiger partial charge in [-0.25, -0.2) is 8.42 Å². The zero-order chi connectivity index (χ0) is 13.9. The second-order valence-electron chi connectivity index (χ2n) is 4.00. The fourth-order valence-corrected chi connectivity index (χ4v) is 2.18. The summed E-state index contributed by atoms with van der Waals surface area (Å²) >= 11 is 0. The molecule has 1 heterocycles. The van der Waals surface area contributed by atoms with Crippen LogP contribution in [0.4, 0.5) is 0 Å². The maximum atomic E-state index is 11.3. The second-order valence-corrected chi connectivity index (χ2v) is 6.01. The molecule has 0 bridgehead atoms. The molecule has 0 aliphatic carbocycles.